The molecule has 1 unspecified atom stereocenters. The fourth-order valence-electron chi connectivity index (χ4n) is 2.54. The van der Waals surface area contributed by atoms with E-state index in [1.807, 2.05) is 0 Å². The number of unbranched alkanes of at least 4 members (excludes halogenated alkanes) is 13. The molecule has 0 rings (SSSR count). The van der Waals surface area contributed by atoms with Crippen molar-refractivity contribution in [1.29, 1.82) is 0 Å². The first-order chi connectivity index (χ1) is 10.6. The summed E-state index contributed by atoms with van der Waals surface area (Å²) in [6.07, 6.45) is 18.2. The van der Waals surface area contributed by atoms with Crippen molar-refractivity contribution in [2.45, 2.75) is 96.8 Å². The Balaban J connectivity index is 3.09. The maximum atomic E-state index is 11.1. The van der Waals surface area contributed by atoms with Crippen LogP contribution >= 0.6 is 7.60 Å². The topological polar surface area (TPSA) is 46.5 Å². The summed E-state index contributed by atoms with van der Waals surface area (Å²) in [5, 5.41) is 0. The summed E-state index contributed by atoms with van der Waals surface area (Å²) >= 11 is 0. The molecule has 0 saturated heterocycles. The second kappa shape index (κ2) is 15.8. The molecule has 0 heterocycles. The first kappa shape index (κ1) is 21.9. The van der Waals surface area contributed by atoms with Crippen LogP contribution in [0.15, 0.2) is 12.4 Å². The summed E-state index contributed by atoms with van der Waals surface area (Å²) in [5.41, 5.74) is 0. The smallest absolute Gasteiger partial charge is 0.321 e. The highest BCUT2D eigenvalue weighted by molar-refractivity contribution is 7.56. The Hall–Kier alpha value is -0.110. The predicted molar refractivity (Wildman–Crippen MR) is 96.3 cm³/mol. The molecule has 22 heavy (non-hydrogen) atoms. The van der Waals surface area contributed by atoms with Gasteiger partial charge in [0.15, 0.2) is 0 Å². The molecule has 0 spiro atoms. The van der Waals surface area contributed by atoms with Crippen LogP contribution in [0.25, 0.3) is 0 Å². The van der Waals surface area contributed by atoms with E-state index < -0.39 is 7.60 Å². The average Bonchev–Trinajstić information content (AvgIpc) is 2.51. The molecule has 132 valence electrons. The van der Waals surface area contributed by atoms with E-state index in [1.54, 1.807) is 0 Å². The van der Waals surface area contributed by atoms with Gasteiger partial charge >= 0.3 is 7.60 Å². The van der Waals surface area contributed by atoms with Gasteiger partial charge in [0, 0.05) is 5.82 Å². The lowest BCUT2D eigenvalue weighted by Gasteiger charge is -2.07. The highest BCUT2D eigenvalue weighted by Crippen LogP contribution is 2.42. The second-order valence-corrected chi connectivity index (χ2v) is 7.93. The molecular weight excluding hydrogens is 295 g/mol. The summed E-state index contributed by atoms with van der Waals surface area (Å²) in [5.74, 6) is 0.997. The van der Waals surface area contributed by atoms with Crippen molar-refractivity contribution >= 4 is 7.60 Å². The fraction of sp³-hybridized carbons (Fsp3) is 0.889. The van der Waals surface area contributed by atoms with Gasteiger partial charge in [-0.15, -0.1) is 0 Å². The van der Waals surface area contributed by atoms with Gasteiger partial charge in [-0.25, -0.2) is 0 Å². The van der Waals surface area contributed by atoms with Crippen molar-refractivity contribution in [1.82, 2.24) is 0 Å². The molecule has 0 radical (unpaired) electrons. The second-order valence-electron chi connectivity index (χ2n) is 6.18. The van der Waals surface area contributed by atoms with Gasteiger partial charge in [0.25, 0.3) is 0 Å². The number of hydrogen-bond acceptors (Lipinski definition) is 2. The van der Waals surface area contributed by atoms with Crippen LogP contribution in [0.4, 0.5) is 0 Å². The first-order valence-electron chi connectivity index (χ1n) is 9.23. The fourth-order valence-corrected chi connectivity index (χ4v) is 3.04. The van der Waals surface area contributed by atoms with E-state index >= 15 is 0 Å². The van der Waals surface area contributed by atoms with Gasteiger partial charge < -0.3 is 9.42 Å². The Morgan fingerprint density at radius 3 is 1.55 bits per heavy atom. The third-order valence-corrected chi connectivity index (χ3v) is 5.02. The Morgan fingerprint density at radius 1 is 0.818 bits per heavy atom. The Labute approximate surface area is 138 Å². The van der Waals surface area contributed by atoms with E-state index in [0.29, 0.717) is 6.61 Å². The van der Waals surface area contributed by atoms with Crippen LogP contribution < -0.4 is 0 Å². The van der Waals surface area contributed by atoms with Crippen molar-refractivity contribution in [3.63, 3.8) is 0 Å². The zero-order valence-electron chi connectivity index (χ0n) is 14.6. The molecule has 4 heteroatoms. The zero-order chi connectivity index (χ0) is 16.5. The van der Waals surface area contributed by atoms with Gasteiger partial charge in [-0.05, 0) is 6.42 Å². The minimum absolute atomic E-state index is 0.359. The largest absolute Gasteiger partial charge is 0.351 e. The van der Waals surface area contributed by atoms with E-state index in [-0.39, 0.29) is 0 Å². The molecule has 0 fully saturated rings. The van der Waals surface area contributed by atoms with Crippen LogP contribution in [0.2, 0.25) is 0 Å². The van der Waals surface area contributed by atoms with Gasteiger partial charge in [0.1, 0.15) is 0 Å². The Morgan fingerprint density at radius 2 is 1.18 bits per heavy atom. The summed E-state index contributed by atoms with van der Waals surface area (Å²) in [4.78, 5) is 9.14. The molecule has 1 atom stereocenters. The quantitative estimate of drug-likeness (QED) is 0.235. The SMILES string of the molecule is C=CP(=O)(O)OCCCCCCCCCCCCCCCC. The van der Waals surface area contributed by atoms with E-state index in [4.69, 9.17) is 9.42 Å². The molecule has 0 bridgehead atoms. The third-order valence-electron chi connectivity index (χ3n) is 4.00. The van der Waals surface area contributed by atoms with Crippen molar-refractivity contribution < 1.29 is 14.0 Å². The maximum Gasteiger partial charge on any atom is 0.351 e. The van der Waals surface area contributed by atoms with E-state index in [1.165, 1.54) is 77.0 Å². The molecule has 1 N–H and O–H groups in total. The molecule has 0 aliphatic heterocycles. The van der Waals surface area contributed by atoms with Crippen molar-refractivity contribution in [3.05, 3.63) is 12.4 Å². The predicted octanol–water partition coefficient (Wildman–Crippen LogP) is 6.81. The van der Waals surface area contributed by atoms with Crippen LogP contribution in [-0.4, -0.2) is 11.5 Å². The van der Waals surface area contributed by atoms with Crippen molar-refractivity contribution in [3.8, 4) is 0 Å². The molecular formula is C18H37O3P. The van der Waals surface area contributed by atoms with Crippen LogP contribution in [-0.2, 0) is 9.09 Å². The summed E-state index contributed by atoms with van der Waals surface area (Å²) in [6.45, 7) is 5.90. The van der Waals surface area contributed by atoms with Gasteiger partial charge in [-0.3, -0.25) is 4.57 Å². The van der Waals surface area contributed by atoms with Crippen LogP contribution in [0, 0.1) is 0 Å². The minimum Gasteiger partial charge on any atom is -0.321 e. The van der Waals surface area contributed by atoms with Gasteiger partial charge in [0.2, 0.25) is 0 Å². The van der Waals surface area contributed by atoms with Gasteiger partial charge in [-0.2, -0.15) is 0 Å². The molecule has 3 nitrogen and oxygen atoms in total. The van der Waals surface area contributed by atoms with E-state index in [0.717, 1.165) is 18.7 Å². The average molecular weight is 332 g/mol. The summed E-state index contributed by atoms with van der Waals surface area (Å²) < 4.78 is 16.0. The molecule has 0 aliphatic carbocycles. The molecule has 0 aliphatic rings. The molecule has 0 saturated carbocycles. The normalized spacial score (nSPS) is 13.9. The lowest BCUT2D eigenvalue weighted by Crippen LogP contribution is -1.91. The summed E-state index contributed by atoms with van der Waals surface area (Å²) in [7, 11) is -3.50. The maximum absolute atomic E-state index is 11.1. The molecule has 0 aromatic carbocycles. The van der Waals surface area contributed by atoms with E-state index in [2.05, 4.69) is 13.5 Å². The number of rotatable bonds is 17. The van der Waals surface area contributed by atoms with Crippen LogP contribution in [0.1, 0.15) is 96.8 Å². The molecule has 0 amide bonds. The minimum atomic E-state index is -3.50. The Kier molecular flexibility index (Phi) is 15.7. The van der Waals surface area contributed by atoms with Gasteiger partial charge in [0.05, 0.1) is 6.61 Å². The third kappa shape index (κ3) is 16.3. The van der Waals surface area contributed by atoms with Crippen molar-refractivity contribution in [2.24, 2.45) is 0 Å². The van der Waals surface area contributed by atoms with Crippen LogP contribution in [0.3, 0.4) is 0 Å². The Bertz CT molecular complexity index is 292. The highest BCUT2D eigenvalue weighted by Gasteiger charge is 2.11. The first-order valence-corrected chi connectivity index (χ1v) is 10.9. The highest BCUT2D eigenvalue weighted by atomic mass is 31.2. The lowest BCUT2D eigenvalue weighted by atomic mass is 10.0. The zero-order valence-corrected chi connectivity index (χ0v) is 15.5. The molecule has 0 aromatic rings. The molecule has 0 aromatic heterocycles. The monoisotopic (exact) mass is 332 g/mol. The number of hydrogen-bond donors (Lipinski definition) is 1. The van der Waals surface area contributed by atoms with Crippen molar-refractivity contribution in [2.75, 3.05) is 6.61 Å². The lowest BCUT2D eigenvalue weighted by molar-refractivity contribution is 0.260. The van der Waals surface area contributed by atoms with E-state index in [9.17, 15) is 4.57 Å². The standard InChI is InChI=1S/C18H37O3P/c1-3-5-6-7-8-9-10-11-12-13-14-15-16-17-18-21-22(19,20)4-2/h4H,2-3,5-18H2,1H3,(H,19,20). The summed E-state index contributed by atoms with van der Waals surface area (Å²) in [6, 6.07) is 0. The van der Waals surface area contributed by atoms with Gasteiger partial charge in [-0.1, -0.05) is 97.0 Å². The van der Waals surface area contributed by atoms with Crippen LogP contribution in [0.5, 0.6) is 0 Å².